The molecular weight excluding hydrogens is 478 g/mol. The van der Waals surface area contributed by atoms with Gasteiger partial charge in [-0.1, -0.05) is 23.7 Å². The number of hydrogen-bond donors (Lipinski definition) is 1. The number of hydrogen-bond acceptors (Lipinski definition) is 8. The standard InChI is InChI=1S/C24H24ClN3O7/c1-34-19-6-5-16(14-18(19)25)22(29)20-21(15-3-2-4-17(13-15)28(32)33)27(24(31)23(20)30)8-7-26-9-11-35-12-10-26/h2-6,13-14,21,29H,7-12H2,1H3/b22-20+/t21-/m1/s1. The van der Waals surface area contributed by atoms with Crippen LogP contribution in [0.4, 0.5) is 5.69 Å². The van der Waals surface area contributed by atoms with Gasteiger partial charge < -0.3 is 19.5 Å². The first-order valence-electron chi connectivity index (χ1n) is 11.0. The molecule has 0 bridgehead atoms. The van der Waals surface area contributed by atoms with Gasteiger partial charge in [-0.3, -0.25) is 24.6 Å². The first kappa shape index (κ1) is 24.6. The van der Waals surface area contributed by atoms with Crippen LogP contribution in [0.15, 0.2) is 48.0 Å². The molecule has 4 rings (SSSR count). The van der Waals surface area contributed by atoms with Crippen molar-refractivity contribution in [1.29, 1.82) is 0 Å². The van der Waals surface area contributed by atoms with Crippen LogP contribution in [0.5, 0.6) is 5.75 Å². The smallest absolute Gasteiger partial charge is 0.295 e. The highest BCUT2D eigenvalue weighted by Crippen LogP contribution is 2.41. The zero-order valence-corrected chi connectivity index (χ0v) is 19.7. The Kier molecular flexibility index (Phi) is 7.34. The summed E-state index contributed by atoms with van der Waals surface area (Å²) in [4.78, 5) is 40.6. The summed E-state index contributed by atoms with van der Waals surface area (Å²) < 4.78 is 10.5. The summed E-state index contributed by atoms with van der Waals surface area (Å²) in [7, 11) is 1.45. The number of ketones is 1. The molecule has 11 heteroatoms. The van der Waals surface area contributed by atoms with Crippen molar-refractivity contribution in [3.63, 3.8) is 0 Å². The Hall–Kier alpha value is -3.47. The molecule has 1 atom stereocenters. The molecule has 2 fully saturated rings. The lowest BCUT2D eigenvalue weighted by Gasteiger charge is -2.31. The molecule has 10 nitrogen and oxygen atoms in total. The van der Waals surface area contributed by atoms with Gasteiger partial charge in [0.1, 0.15) is 11.5 Å². The van der Waals surface area contributed by atoms with Crippen LogP contribution in [0.3, 0.4) is 0 Å². The number of halogens is 1. The van der Waals surface area contributed by atoms with Crippen molar-refractivity contribution < 1.29 is 29.1 Å². The predicted molar refractivity (Wildman–Crippen MR) is 127 cm³/mol. The van der Waals surface area contributed by atoms with Gasteiger partial charge in [0, 0.05) is 43.9 Å². The van der Waals surface area contributed by atoms with Gasteiger partial charge in [0.15, 0.2) is 0 Å². The summed E-state index contributed by atoms with van der Waals surface area (Å²) >= 11 is 6.21. The molecule has 0 radical (unpaired) electrons. The van der Waals surface area contributed by atoms with Gasteiger partial charge in [0.25, 0.3) is 17.4 Å². The zero-order valence-electron chi connectivity index (χ0n) is 19.0. The monoisotopic (exact) mass is 501 g/mol. The number of morpholine rings is 1. The topological polar surface area (TPSA) is 122 Å². The molecule has 2 aliphatic heterocycles. The largest absolute Gasteiger partial charge is 0.507 e. The van der Waals surface area contributed by atoms with Crippen molar-refractivity contribution in [3.8, 4) is 5.75 Å². The van der Waals surface area contributed by atoms with Gasteiger partial charge in [0.05, 0.1) is 41.9 Å². The zero-order chi connectivity index (χ0) is 25.1. The van der Waals surface area contributed by atoms with E-state index in [1.807, 2.05) is 0 Å². The van der Waals surface area contributed by atoms with Crippen LogP contribution in [-0.2, 0) is 14.3 Å². The van der Waals surface area contributed by atoms with Crippen molar-refractivity contribution >= 4 is 34.7 Å². The third-order valence-corrected chi connectivity index (χ3v) is 6.42. The number of aliphatic hydroxyl groups is 1. The Morgan fingerprint density at radius 2 is 1.94 bits per heavy atom. The number of carbonyl (C=O) groups excluding carboxylic acids is 2. The highest BCUT2D eigenvalue weighted by atomic mass is 35.5. The van der Waals surface area contributed by atoms with Crippen molar-refractivity contribution in [3.05, 3.63) is 74.3 Å². The molecule has 35 heavy (non-hydrogen) atoms. The average molecular weight is 502 g/mol. The number of nitrogens with zero attached hydrogens (tertiary/aromatic N) is 3. The summed E-state index contributed by atoms with van der Waals surface area (Å²) in [6, 6.07) is 9.21. The average Bonchev–Trinajstić information content (AvgIpc) is 3.12. The minimum atomic E-state index is -1.00. The van der Waals surface area contributed by atoms with Gasteiger partial charge in [-0.2, -0.15) is 0 Å². The van der Waals surface area contributed by atoms with Crippen LogP contribution in [0.2, 0.25) is 5.02 Å². The number of non-ortho nitro benzene ring substituents is 1. The second-order valence-corrected chi connectivity index (χ2v) is 8.56. The first-order valence-corrected chi connectivity index (χ1v) is 11.4. The van der Waals surface area contributed by atoms with Gasteiger partial charge in [-0.25, -0.2) is 0 Å². The first-order chi connectivity index (χ1) is 16.8. The Labute approximate surface area is 206 Å². The fourth-order valence-corrected chi connectivity index (χ4v) is 4.57. The molecule has 184 valence electrons. The Bertz CT molecular complexity index is 1190. The second-order valence-electron chi connectivity index (χ2n) is 8.15. The van der Waals surface area contributed by atoms with E-state index in [1.165, 1.54) is 48.4 Å². The molecule has 0 unspecified atom stereocenters. The molecule has 0 aliphatic carbocycles. The van der Waals surface area contributed by atoms with Crippen LogP contribution in [0.25, 0.3) is 5.76 Å². The lowest BCUT2D eigenvalue weighted by Crippen LogP contribution is -2.42. The molecule has 0 spiro atoms. The summed E-state index contributed by atoms with van der Waals surface area (Å²) in [5, 5.41) is 22.8. The minimum Gasteiger partial charge on any atom is -0.507 e. The number of benzene rings is 2. The van der Waals surface area contributed by atoms with Crippen molar-refractivity contribution in [2.24, 2.45) is 0 Å². The Balaban J connectivity index is 1.78. The van der Waals surface area contributed by atoms with Gasteiger partial charge in [-0.15, -0.1) is 0 Å². The predicted octanol–water partition coefficient (Wildman–Crippen LogP) is 3.01. The molecule has 0 saturated carbocycles. The van der Waals surface area contributed by atoms with E-state index in [2.05, 4.69) is 4.90 Å². The number of amides is 1. The van der Waals surface area contributed by atoms with Crippen molar-refractivity contribution in [1.82, 2.24) is 9.80 Å². The van der Waals surface area contributed by atoms with E-state index in [-0.39, 0.29) is 28.4 Å². The van der Waals surface area contributed by atoms with Gasteiger partial charge in [-0.05, 0) is 23.8 Å². The quantitative estimate of drug-likeness (QED) is 0.202. The highest BCUT2D eigenvalue weighted by Gasteiger charge is 2.46. The van der Waals surface area contributed by atoms with Crippen molar-refractivity contribution in [2.45, 2.75) is 6.04 Å². The molecule has 2 heterocycles. The van der Waals surface area contributed by atoms with Crippen LogP contribution < -0.4 is 4.74 Å². The number of aliphatic hydroxyl groups excluding tert-OH is 1. The summed E-state index contributed by atoms with van der Waals surface area (Å²) in [6.45, 7) is 3.20. The Morgan fingerprint density at radius 1 is 1.20 bits per heavy atom. The van der Waals surface area contributed by atoms with Gasteiger partial charge >= 0.3 is 0 Å². The Morgan fingerprint density at radius 3 is 2.60 bits per heavy atom. The fraction of sp³-hybridized carbons (Fsp3) is 0.333. The van der Waals surface area contributed by atoms with Crippen LogP contribution in [-0.4, -0.2) is 78.0 Å². The lowest BCUT2D eigenvalue weighted by atomic mass is 9.95. The maximum Gasteiger partial charge on any atom is 0.295 e. The molecular formula is C24H24ClN3O7. The van der Waals surface area contributed by atoms with Crippen LogP contribution >= 0.6 is 11.6 Å². The third-order valence-electron chi connectivity index (χ3n) is 6.12. The number of likely N-dealkylation sites (tertiary alicyclic amines) is 1. The number of nitro groups is 1. The number of nitro benzene ring substituents is 1. The second kappa shape index (κ2) is 10.4. The fourth-order valence-electron chi connectivity index (χ4n) is 4.31. The third kappa shape index (κ3) is 5.00. The van der Waals surface area contributed by atoms with E-state index in [9.17, 15) is 24.8 Å². The molecule has 2 saturated heterocycles. The van der Waals surface area contributed by atoms with Gasteiger partial charge in [0.2, 0.25) is 0 Å². The number of ether oxygens (including phenoxy) is 2. The van der Waals surface area contributed by atoms with Crippen LogP contribution in [0.1, 0.15) is 17.2 Å². The van der Waals surface area contributed by atoms with E-state index in [0.717, 1.165) is 0 Å². The number of Topliss-reactive ketones (excluding diaryl/α,β-unsaturated/α-hetero) is 1. The van der Waals surface area contributed by atoms with Crippen LogP contribution in [0, 0.1) is 10.1 Å². The SMILES string of the molecule is COc1ccc(/C(O)=C2\C(=O)C(=O)N(CCN3CCOCC3)[C@@H]2c2cccc([N+](=O)[O-])c2)cc1Cl. The maximum atomic E-state index is 13.2. The number of rotatable bonds is 7. The van der Waals surface area contributed by atoms with E-state index in [0.29, 0.717) is 44.2 Å². The summed E-state index contributed by atoms with van der Waals surface area (Å²) in [5.41, 5.74) is 0.228. The molecule has 1 N–H and O–H groups in total. The van der Waals surface area contributed by atoms with E-state index in [1.54, 1.807) is 6.07 Å². The summed E-state index contributed by atoms with van der Waals surface area (Å²) in [6.07, 6.45) is 0. The number of carbonyl (C=O) groups is 2. The molecule has 0 aromatic heterocycles. The molecule has 2 aromatic carbocycles. The minimum absolute atomic E-state index is 0.154. The molecule has 1 amide bonds. The van der Waals surface area contributed by atoms with E-state index >= 15 is 0 Å². The molecule has 2 aromatic rings. The van der Waals surface area contributed by atoms with E-state index < -0.39 is 28.4 Å². The number of methoxy groups -OCH3 is 1. The summed E-state index contributed by atoms with van der Waals surface area (Å²) in [5.74, 6) is -1.69. The van der Waals surface area contributed by atoms with Crippen molar-refractivity contribution in [2.75, 3.05) is 46.5 Å². The normalized spacial score (nSPS) is 20.3. The lowest BCUT2D eigenvalue weighted by molar-refractivity contribution is -0.384. The molecule has 2 aliphatic rings. The highest BCUT2D eigenvalue weighted by molar-refractivity contribution is 6.46. The maximum absolute atomic E-state index is 13.2. The van der Waals surface area contributed by atoms with E-state index in [4.69, 9.17) is 21.1 Å².